The molecule has 3 nitrogen and oxygen atoms in total. The third-order valence-corrected chi connectivity index (χ3v) is 3.42. The number of hydrogen-bond donors (Lipinski definition) is 1. The molecule has 3 heteroatoms. The van der Waals surface area contributed by atoms with Crippen molar-refractivity contribution in [2.24, 2.45) is 0 Å². The van der Waals surface area contributed by atoms with Crippen LogP contribution < -0.4 is 10.1 Å². The number of fused-ring (bicyclic) bond motifs is 1. The van der Waals surface area contributed by atoms with Gasteiger partial charge in [0.1, 0.15) is 11.5 Å². The van der Waals surface area contributed by atoms with Gasteiger partial charge in [-0.15, -0.1) is 0 Å². The second-order valence-electron chi connectivity index (χ2n) is 5.19. The highest BCUT2D eigenvalue weighted by molar-refractivity contribution is 5.74. The standard InChI is InChI=1S/C16H19NO2/c1-11(2)17-10-15-13(7-9-18-15)14-5-3-4-12-6-8-19-16(12)14/h3-5,7,9,11,17H,6,8,10H2,1-2H3. The molecule has 0 bridgehead atoms. The molecule has 0 aliphatic carbocycles. The Kier molecular flexibility index (Phi) is 3.30. The summed E-state index contributed by atoms with van der Waals surface area (Å²) in [6.45, 7) is 5.78. The van der Waals surface area contributed by atoms with Gasteiger partial charge in [0, 0.05) is 23.6 Å². The van der Waals surface area contributed by atoms with E-state index in [4.69, 9.17) is 9.15 Å². The molecule has 0 spiro atoms. The van der Waals surface area contributed by atoms with Crippen molar-refractivity contribution in [2.75, 3.05) is 6.61 Å². The first kappa shape index (κ1) is 12.3. The van der Waals surface area contributed by atoms with Crippen LogP contribution in [0.5, 0.6) is 5.75 Å². The lowest BCUT2D eigenvalue weighted by atomic mass is 10.0. The predicted octanol–water partition coefficient (Wildman–Crippen LogP) is 3.38. The molecule has 0 saturated heterocycles. The van der Waals surface area contributed by atoms with Crippen molar-refractivity contribution in [3.8, 4) is 16.9 Å². The average Bonchev–Trinajstić information content (AvgIpc) is 3.04. The van der Waals surface area contributed by atoms with Crippen molar-refractivity contribution in [1.82, 2.24) is 5.32 Å². The van der Waals surface area contributed by atoms with Crippen LogP contribution in [0.2, 0.25) is 0 Å². The minimum atomic E-state index is 0.440. The second-order valence-corrected chi connectivity index (χ2v) is 5.19. The molecule has 0 saturated carbocycles. The molecule has 1 aromatic heterocycles. The zero-order valence-corrected chi connectivity index (χ0v) is 11.4. The van der Waals surface area contributed by atoms with E-state index < -0.39 is 0 Å². The van der Waals surface area contributed by atoms with Gasteiger partial charge in [-0.05, 0) is 11.6 Å². The molecule has 19 heavy (non-hydrogen) atoms. The van der Waals surface area contributed by atoms with Crippen LogP contribution in [0.3, 0.4) is 0 Å². The first-order valence-corrected chi connectivity index (χ1v) is 6.80. The van der Waals surface area contributed by atoms with Gasteiger partial charge in [-0.3, -0.25) is 0 Å². The van der Waals surface area contributed by atoms with Crippen LogP contribution in [-0.2, 0) is 13.0 Å². The summed E-state index contributed by atoms with van der Waals surface area (Å²) in [6, 6.07) is 8.80. The summed E-state index contributed by atoms with van der Waals surface area (Å²) < 4.78 is 11.4. The van der Waals surface area contributed by atoms with Gasteiger partial charge in [0.05, 0.1) is 19.4 Å². The van der Waals surface area contributed by atoms with Crippen LogP contribution in [0.15, 0.2) is 34.9 Å². The van der Waals surface area contributed by atoms with Crippen molar-refractivity contribution >= 4 is 0 Å². The second kappa shape index (κ2) is 5.10. The monoisotopic (exact) mass is 257 g/mol. The molecule has 0 atom stereocenters. The summed E-state index contributed by atoms with van der Waals surface area (Å²) in [5, 5.41) is 3.39. The van der Waals surface area contributed by atoms with Crippen LogP contribution in [0, 0.1) is 0 Å². The largest absolute Gasteiger partial charge is 0.492 e. The van der Waals surface area contributed by atoms with E-state index in [0.29, 0.717) is 6.04 Å². The molecular formula is C16H19NO2. The Morgan fingerprint density at radius 2 is 2.11 bits per heavy atom. The normalized spacial score (nSPS) is 13.6. The van der Waals surface area contributed by atoms with Crippen molar-refractivity contribution in [3.63, 3.8) is 0 Å². The van der Waals surface area contributed by atoms with E-state index in [0.717, 1.165) is 42.2 Å². The third-order valence-electron chi connectivity index (χ3n) is 3.42. The molecule has 0 amide bonds. The molecule has 3 rings (SSSR count). The summed E-state index contributed by atoms with van der Waals surface area (Å²) in [5.74, 6) is 1.99. The van der Waals surface area contributed by atoms with Crippen LogP contribution in [0.25, 0.3) is 11.1 Å². The molecule has 1 aliphatic rings. The maximum atomic E-state index is 5.77. The van der Waals surface area contributed by atoms with Gasteiger partial charge in [-0.25, -0.2) is 0 Å². The molecule has 1 N–H and O–H groups in total. The fourth-order valence-electron chi connectivity index (χ4n) is 2.44. The summed E-state index contributed by atoms with van der Waals surface area (Å²) in [7, 11) is 0. The Balaban J connectivity index is 1.95. The molecule has 2 aromatic rings. The minimum Gasteiger partial charge on any atom is -0.492 e. The number of furan rings is 1. The molecule has 1 aliphatic heterocycles. The van der Waals surface area contributed by atoms with E-state index in [1.54, 1.807) is 6.26 Å². The van der Waals surface area contributed by atoms with E-state index in [1.807, 2.05) is 6.07 Å². The number of benzene rings is 1. The highest BCUT2D eigenvalue weighted by Gasteiger charge is 2.19. The molecule has 0 unspecified atom stereocenters. The Labute approximate surface area is 113 Å². The van der Waals surface area contributed by atoms with Crippen LogP contribution in [0.4, 0.5) is 0 Å². The molecule has 0 radical (unpaired) electrons. The van der Waals surface area contributed by atoms with Gasteiger partial charge in [0.15, 0.2) is 0 Å². The Hall–Kier alpha value is -1.74. The van der Waals surface area contributed by atoms with E-state index in [1.165, 1.54) is 5.56 Å². The number of ether oxygens (including phenoxy) is 1. The van der Waals surface area contributed by atoms with Crippen LogP contribution >= 0.6 is 0 Å². The van der Waals surface area contributed by atoms with Crippen molar-refractivity contribution in [2.45, 2.75) is 32.9 Å². The Bertz CT molecular complexity index is 572. The number of hydrogen-bond acceptors (Lipinski definition) is 3. The highest BCUT2D eigenvalue weighted by Crippen LogP contribution is 2.38. The lowest BCUT2D eigenvalue weighted by Crippen LogP contribution is -2.21. The Morgan fingerprint density at radius 1 is 1.21 bits per heavy atom. The van der Waals surface area contributed by atoms with Gasteiger partial charge in [-0.1, -0.05) is 32.0 Å². The minimum absolute atomic E-state index is 0.440. The zero-order chi connectivity index (χ0) is 13.2. The lowest BCUT2D eigenvalue weighted by molar-refractivity contribution is 0.358. The quantitative estimate of drug-likeness (QED) is 0.911. The van der Waals surface area contributed by atoms with Gasteiger partial charge in [-0.2, -0.15) is 0 Å². The van der Waals surface area contributed by atoms with E-state index in [9.17, 15) is 0 Å². The maximum Gasteiger partial charge on any atom is 0.130 e. The number of nitrogens with one attached hydrogen (secondary N) is 1. The van der Waals surface area contributed by atoms with Crippen molar-refractivity contribution < 1.29 is 9.15 Å². The summed E-state index contributed by atoms with van der Waals surface area (Å²) in [6.07, 6.45) is 2.75. The molecule has 0 fully saturated rings. The van der Waals surface area contributed by atoms with Gasteiger partial charge in [0.25, 0.3) is 0 Å². The first-order valence-electron chi connectivity index (χ1n) is 6.80. The fraction of sp³-hybridized carbons (Fsp3) is 0.375. The molecular weight excluding hydrogens is 238 g/mol. The SMILES string of the molecule is CC(C)NCc1occc1-c1cccc2c1OCC2. The Morgan fingerprint density at radius 3 is 2.95 bits per heavy atom. The summed E-state index contributed by atoms with van der Waals surface area (Å²) in [5.41, 5.74) is 3.57. The topological polar surface area (TPSA) is 34.4 Å². The summed E-state index contributed by atoms with van der Waals surface area (Å²) >= 11 is 0. The molecule has 1 aromatic carbocycles. The fourth-order valence-corrected chi connectivity index (χ4v) is 2.44. The molecule has 100 valence electrons. The smallest absolute Gasteiger partial charge is 0.130 e. The first-order chi connectivity index (χ1) is 9.25. The van der Waals surface area contributed by atoms with Crippen molar-refractivity contribution in [3.05, 3.63) is 41.9 Å². The van der Waals surface area contributed by atoms with Gasteiger partial charge >= 0.3 is 0 Å². The number of para-hydroxylation sites is 1. The zero-order valence-electron chi connectivity index (χ0n) is 11.4. The van der Waals surface area contributed by atoms with Gasteiger partial charge < -0.3 is 14.5 Å². The average molecular weight is 257 g/mol. The van der Waals surface area contributed by atoms with E-state index in [2.05, 4.69) is 37.4 Å². The lowest BCUT2D eigenvalue weighted by Gasteiger charge is -2.10. The highest BCUT2D eigenvalue weighted by atomic mass is 16.5. The number of rotatable bonds is 4. The summed E-state index contributed by atoms with van der Waals surface area (Å²) in [4.78, 5) is 0. The molecule has 2 heterocycles. The predicted molar refractivity (Wildman–Crippen MR) is 75.3 cm³/mol. The van der Waals surface area contributed by atoms with Crippen LogP contribution in [0.1, 0.15) is 25.2 Å². The van der Waals surface area contributed by atoms with E-state index in [-0.39, 0.29) is 0 Å². The van der Waals surface area contributed by atoms with Gasteiger partial charge in [0.2, 0.25) is 0 Å². The third kappa shape index (κ3) is 2.38. The maximum absolute atomic E-state index is 5.77. The van der Waals surface area contributed by atoms with E-state index >= 15 is 0 Å². The van der Waals surface area contributed by atoms with Crippen LogP contribution in [-0.4, -0.2) is 12.6 Å². The van der Waals surface area contributed by atoms with Crippen molar-refractivity contribution in [1.29, 1.82) is 0 Å².